The van der Waals surface area contributed by atoms with Gasteiger partial charge in [-0.15, -0.1) is 0 Å². The van der Waals surface area contributed by atoms with Gasteiger partial charge in [0.15, 0.2) is 0 Å². The van der Waals surface area contributed by atoms with Crippen LogP contribution in [0.1, 0.15) is 30.4 Å². The number of halogens is 1. The van der Waals surface area contributed by atoms with Gasteiger partial charge in [0.05, 0.1) is 0 Å². The molecule has 2 rings (SSSR count). The fraction of sp³-hybridized carbons (Fsp3) is 0.500. The zero-order valence-electron chi connectivity index (χ0n) is 10.1. The van der Waals surface area contributed by atoms with Crippen LogP contribution in [0.15, 0.2) is 18.2 Å². The Kier molecular flexibility index (Phi) is 4.19. The van der Waals surface area contributed by atoms with Gasteiger partial charge >= 0.3 is 0 Å². The Morgan fingerprint density at radius 1 is 1.53 bits per heavy atom. The van der Waals surface area contributed by atoms with Crippen molar-refractivity contribution in [1.82, 2.24) is 5.32 Å². The number of carbonyl (C=O) groups excluding carboxylic acids is 1. The van der Waals surface area contributed by atoms with Crippen LogP contribution in [0.4, 0.5) is 0 Å². The topological polar surface area (TPSA) is 29.1 Å². The lowest BCUT2D eigenvalue weighted by Crippen LogP contribution is -2.25. The van der Waals surface area contributed by atoms with E-state index in [-0.39, 0.29) is 5.78 Å². The molecule has 1 heterocycles. The monoisotopic (exact) mass is 251 g/mol. The van der Waals surface area contributed by atoms with Crippen molar-refractivity contribution in [1.29, 1.82) is 0 Å². The molecule has 1 aromatic rings. The average Bonchev–Trinajstić information content (AvgIpc) is 2.75. The van der Waals surface area contributed by atoms with Crippen molar-refractivity contribution in [2.75, 3.05) is 6.54 Å². The third kappa shape index (κ3) is 3.55. The van der Waals surface area contributed by atoms with E-state index in [1.165, 1.54) is 6.42 Å². The first-order valence-corrected chi connectivity index (χ1v) is 6.53. The van der Waals surface area contributed by atoms with E-state index >= 15 is 0 Å². The highest BCUT2D eigenvalue weighted by Gasteiger charge is 2.18. The van der Waals surface area contributed by atoms with Gasteiger partial charge in [-0.05, 0) is 43.5 Å². The van der Waals surface area contributed by atoms with Crippen molar-refractivity contribution < 1.29 is 4.79 Å². The lowest BCUT2D eigenvalue weighted by Gasteiger charge is -2.09. The summed E-state index contributed by atoms with van der Waals surface area (Å²) >= 11 is 6.12. The molecular weight excluding hydrogens is 234 g/mol. The van der Waals surface area contributed by atoms with Crippen LogP contribution in [0.25, 0.3) is 0 Å². The van der Waals surface area contributed by atoms with Gasteiger partial charge in [0, 0.05) is 23.9 Å². The minimum atomic E-state index is 0.273. The largest absolute Gasteiger partial charge is 0.314 e. The Morgan fingerprint density at radius 3 is 3.00 bits per heavy atom. The normalized spacial score (nSPS) is 19.5. The van der Waals surface area contributed by atoms with E-state index in [1.54, 1.807) is 0 Å². The molecule has 1 aromatic carbocycles. The summed E-state index contributed by atoms with van der Waals surface area (Å²) in [6.07, 6.45) is 3.39. The number of carbonyl (C=O) groups is 1. The SMILES string of the molecule is Cc1ccc(CC(=O)CC2CCCN2)c(Cl)c1. The summed E-state index contributed by atoms with van der Waals surface area (Å²) in [4.78, 5) is 11.9. The molecule has 0 radical (unpaired) electrons. The van der Waals surface area contributed by atoms with Crippen LogP contribution in [-0.4, -0.2) is 18.4 Å². The van der Waals surface area contributed by atoms with Gasteiger partial charge in [0.2, 0.25) is 0 Å². The van der Waals surface area contributed by atoms with Gasteiger partial charge in [-0.2, -0.15) is 0 Å². The zero-order valence-corrected chi connectivity index (χ0v) is 10.9. The fourth-order valence-electron chi connectivity index (χ4n) is 2.29. The van der Waals surface area contributed by atoms with E-state index < -0.39 is 0 Å². The Hall–Kier alpha value is -0.860. The van der Waals surface area contributed by atoms with Crippen molar-refractivity contribution in [3.8, 4) is 0 Å². The van der Waals surface area contributed by atoms with Crippen LogP contribution >= 0.6 is 11.6 Å². The molecular formula is C14H18ClNO. The third-order valence-corrected chi connectivity index (χ3v) is 3.58. The van der Waals surface area contributed by atoms with Gasteiger partial charge in [-0.25, -0.2) is 0 Å². The standard InChI is InChI=1S/C14H18ClNO/c1-10-4-5-11(14(15)7-10)8-13(17)9-12-3-2-6-16-12/h4-5,7,12,16H,2-3,6,8-9H2,1H3. The maximum Gasteiger partial charge on any atom is 0.138 e. The first-order chi connectivity index (χ1) is 8.15. The van der Waals surface area contributed by atoms with Gasteiger partial charge in [-0.3, -0.25) is 4.79 Å². The van der Waals surface area contributed by atoms with Crippen molar-refractivity contribution in [2.24, 2.45) is 0 Å². The first kappa shape index (κ1) is 12.6. The highest BCUT2D eigenvalue weighted by atomic mass is 35.5. The van der Waals surface area contributed by atoms with Gasteiger partial charge in [-0.1, -0.05) is 23.7 Å². The molecule has 92 valence electrons. The Balaban J connectivity index is 1.93. The summed E-state index contributed by atoms with van der Waals surface area (Å²) in [6.45, 7) is 3.04. The summed E-state index contributed by atoms with van der Waals surface area (Å²) in [7, 11) is 0. The summed E-state index contributed by atoms with van der Waals surface area (Å²) in [5.41, 5.74) is 2.07. The van der Waals surface area contributed by atoms with Gasteiger partial charge in [0.25, 0.3) is 0 Å². The molecule has 0 spiro atoms. The third-order valence-electron chi connectivity index (χ3n) is 3.23. The number of rotatable bonds is 4. The molecule has 2 nitrogen and oxygen atoms in total. The second-order valence-corrected chi connectivity index (χ2v) is 5.21. The lowest BCUT2D eigenvalue weighted by molar-refractivity contribution is -0.118. The molecule has 1 fully saturated rings. The highest BCUT2D eigenvalue weighted by Crippen LogP contribution is 2.19. The molecule has 0 aliphatic carbocycles. The maximum atomic E-state index is 11.9. The van der Waals surface area contributed by atoms with Crippen LogP contribution in [0.2, 0.25) is 5.02 Å². The van der Waals surface area contributed by atoms with E-state index in [0.717, 1.165) is 24.1 Å². The van der Waals surface area contributed by atoms with Gasteiger partial charge < -0.3 is 5.32 Å². The molecule has 1 atom stereocenters. The molecule has 0 bridgehead atoms. The van der Waals surface area contributed by atoms with E-state index in [9.17, 15) is 4.79 Å². The minimum Gasteiger partial charge on any atom is -0.314 e. The van der Waals surface area contributed by atoms with Crippen molar-refractivity contribution in [3.63, 3.8) is 0 Å². The molecule has 17 heavy (non-hydrogen) atoms. The maximum absolute atomic E-state index is 11.9. The van der Waals surface area contributed by atoms with Crippen LogP contribution < -0.4 is 5.32 Å². The summed E-state index contributed by atoms with van der Waals surface area (Å²) < 4.78 is 0. The molecule has 0 saturated carbocycles. The molecule has 1 unspecified atom stereocenters. The van der Waals surface area contributed by atoms with Crippen LogP contribution in [0, 0.1) is 6.92 Å². The summed E-state index contributed by atoms with van der Waals surface area (Å²) in [6, 6.07) is 6.25. The molecule has 1 aliphatic rings. The number of hydrogen-bond acceptors (Lipinski definition) is 2. The van der Waals surface area contributed by atoms with E-state index in [0.29, 0.717) is 23.9 Å². The smallest absolute Gasteiger partial charge is 0.138 e. The molecule has 0 aromatic heterocycles. The highest BCUT2D eigenvalue weighted by molar-refractivity contribution is 6.31. The Labute approximate surface area is 107 Å². The molecule has 1 aliphatic heterocycles. The number of benzene rings is 1. The van der Waals surface area contributed by atoms with E-state index in [1.807, 2.05) is 25.1 Å². The van der Waals surface area contributed by atoms with Crippen molar-refractivity contribution >= 4 is 17.4 Å². The average molecular weight is 252 g/mol. The number of hydrogen-bond donors (Lipinski definition) is 1. The second kappa shape index (κ2) is 5.65. The second-order valence-electron chi connectivity index (χ2n) is 4.81. The summed E-state index contributed by atoms with van der Waals surface area (Å²) in [5.74, 6) is 0.273. The molecule has 1 N–H and O–H groups in total. The first-order valence-electron chi connectivity index (χ1n) is 6.15. The summed E-state index contributed by atoms with van der Waals surface area (Å²) in [5, 5.41) is 4.05. The zero-order chi connectivity index (χ0) is 12.3. The van der Waals surface area contributed by atoms with Crippen molar-refractivity contribution in [2.45, 2.75) is 38.6 Å². The number of ketones is 1. The van der Waals surface area contributed by atoms with E-state index in [4.69, 9.17) is 11.6 Å². The predicted molar refractivity (Wildman–Crippen MR) is 70.5 cm³/mol. The quantitative estimate of drug-likeness (QED) is 0.892. The Morgan fingerprint density at radius 2 is 2.35 bits per heavy atom. The number of aryl methyl sites for hydroxylation is 1. The van der Waals surface area contributed by atoms with Crippen molar-refractivity contribution in [3.05, 3.63) is 34.3 Å². The molecule has 1 saturated heterocycles. The number of Topliss-reactive ketones (excluding diaryl/α,β-unsaturated/α-hetero) is 1. The fourth-order valence-corrected chi connectivity index (χ4v) is 2.59. The van der Waals surface area contributed by atoms with Gasteiger partial charge in [0.1, 0.15) is 5.78 Å². The van der Waals surface area contributed by atoms with Crippen LogP contribution in [-0.2, 0) is 11.2 Å². The minimum absolute atomic E-state index is 0.273. The van der Waals surface area contributed by atoms with Crippen LogP contribution in [0.3, 0.4) is 0 Å². The number of nitrogens with one attached hydrogen (secondary N) is 1. The lowest BCUT2D eigenvalue weighted by atomic mass is 10.0. The van der Waals surface area contributed by atoms with Crippen LogP contribution in [0.5, 0.6) is 0 Å². The predicted octanol–water partition coefficient (Wildman–Crippen LogP) is 2.90. The molecule has 3 heteroatoms. The molecule has 0 amide bonds. The van der Waals surface area contributed by atoms with E-state index in [2.05, 4.69) is 5.32 Å². The Bertz CT molecular complexity index is 411.